The third-order valence-corrected chi connectivity index (χ3v) is 6.38. The summed E-state index contributed by atoms with van der Waals surface area (Å²) in [6.45, 7) is 1.33. The van der Waals surface area contributed by atoms with Gasteiger partial charge in [0.2, 0.25) is 11.6 Å². The second kappa shape index (κ2) is 8.56. The summed E-state index contributed by atoms with van der Waals surface area (Å²) < 4.78 is 17.9. The molecule has 4 heterocycles. The van der Waals surface area contributed by atoms with Crippen LogP contribution in [0.3, 0.4) is 0 Å². The first-order chi connectivity index (χ1) is 16.4. The molecule has 1 aromatic carbocycles. The van der Waals surface area contributed by atoms with Crippen LogP contribution >= 0.6 is 15.9 Å². The predicted octanol–water partition coefficient (Wildman–Crippen LogP) is 3.61. The van der Waals surface area contributed by atoms with E-state index in [1.54, 1.807) is 16.8 Å². The Bertz CT molecular complexity index is 1380. The molecule has 0 saturated carbocycles. The van der Waals surface area contributed by atoms with Gasteiger partial charge in [0.15, 0.2) is 5.82 Å². The van der Waals surface area contributed by atoms with Crippen molar-refractivity contribution < 1.29 is 14.0 Å². The van der Waals surface area contributed by atoms with Gasteiger partial charge >= 0.3 is 0 Å². The van der Waals surface area contributed by atoms with Crippen LogP contribution in [0.1, 0.15) is 24.9 Å². The summed E-state index contributed by atoms with van der Waals surface area (Å²) in [5, 5.41) is 11.2. The molecule has 5 rings (SSSR count). The second-order valence-corrected chi connectivity index (χ2v) is 8.78. The van der Waals surface area contributed by atoms with Crippen LogP contribution in [-0.2, 0) is 15.3 Å². The van der Waals surface area contributed by atoms with E-state index in [2.05, 4.69) is 41.4 Å². The number of rotatable bonds is 4. The molecule has 9 nitrogen and oxygen atoms in total. The molecular weight excluding hydrogens is 505 g/mol. The minimum absolute atomic E-state index is 0.170. The van der Waals surface area contributed by atoms with Crippen LogP contribution in [0.4, 0.5) is 10.2 Å². The molecule has 2 amide bonds. The summed E-state index contributed by atoms with van der Waals surface area (Å²) in [6, 6.07) is 9.81. The van der Waals surface area contributed by atoms with Crippen molar-refractivity contribution in [2.24, 2.45) is 0 Å². The average Bonchev–Trinajstić information content (AvgIpc) is 3.39. The summed E-state index contributed by atoms with van der Waals surface area (Å²) in [6.07, 6.45) is 5.59. The molecule has 11 heteroatoms. The number of nitrogens with one attached hydrogen (secondary N) is 1. The Morgan fingerprint density at radius 2 is 1.97 bits per heavy atom. The minimum Gasteiger partial charge on any atom is -0.316 e. The lowest BCUT2D eigenvalue weighted by Gasteiger charge is -2.40. The number of hydrogen-bond donors (Lipinski definition) is 1. The number of aromatic nitrogens is 5. The third kappa shape index (κ3) is 3.52. The lowest BCUT2D eigenvalue weighted by Crippen LogP contribution is -2.56. The van der Waals surface area contributed by atoms with Gasteiger partial charge in [0.1, 0.15) is 10.8 Å². The second-order valence-electron chi connectivity index (χ2n) is 7.97. The highest BCUT2D eigenvalue weighted by atomic mass is 79.9. The van der Waals surface area contributed by atoms with E-state index < -0.39 is 29.7 Å². The summed E-state index contributed by atoms with van der Waals surface area (Å²) in [7, 11) is 0. The first-order valence-corrected chi connectivity index (χ1v) is 11.3. The van der Waals surface area contributed by atoms with E-state index in [9.17, 15) is 9.59 Å². The summed E-state index contributed by atoms with van der Waals surface area (Å²) >= 11 is 3.24. The molecule has 3 unspecified atom stereocenters. The number of fused-ring (bicyclic) bond motifs is 1. The number of para-hydroxylation sites is 1. The van der Waals surface area contributed by atoms with Gasteiger partial charge in [-0.25, -0.2) is 9.37 Å². The van der Waals surface area contributed by atoms with E-state index in [0.717, 1.165) is 5.39 Å². The Hall–Kier alpha value is -3.73. The summed E-state index contributed by atoms with van der Waals surface area (Å²) in [4.78, 5) is 36.7. The van der Waals surface area contributed by atoms with E-state index in [0.29, 0.717) is 15.7 Å². The Labute approximate surface area is 202 Å². The van der Waals surface area contributed by atoms with Crippen molar-refractivity contribution in [3.8, 4) is 0 Å². The highest BCUT2D eigenvalue weighted by Crippen LogP contribution is 2.49. The number of halogens is 2. The van der Waals surface area contributed by atoms with E-state index in [1.807, 2.05) is 30.3 Å². The number of carbonyl (C=O) groups is 2. The minimum atomic E-state index is -1.72. The molecule has 4 aromatic rings. The molecule has 34 heavy (non-hydrogen) atoms. The van der Waals surface area contributed by atoms with Crippen LogP contribution in [0.25, 0.3) is 10.9 Å². The largest absolute Gasteiger partial charge is 0.316 e. The molecule has 1 N–H and O–H groups in total. The van der Waals surface area contributed by atoms with Crippen molar-refractivity contribution in [3.05, 3.63) is 77.5 Å². The maximum atomic E-state index is 15.9. The van der Waals surface area contributed by atoms with Gasteiger partial charge in [-0.2, -0.15) is 10.2 Å². The zero-order valence-corrected chi connectivity index (χ0v) is 19.6. The molecule has 1 aliphatic heterocycles. The van der Waals surface area contributed by atoms with Crippen LogP contribution in [0.15, 0.2) is 72.0 Å². The van der Waals surface area contributed by atoms with Crippen LogP contribution in [-0.4, -0.2) is 47.6 Å². The highest BCUT2D eigenvalue weighted by Gasteiger charge is 2.60. The number of amides is 2. The monoisotopic (exact) mass is 523 g/mol. The number of alkyl halides is 1. The van der Waals surface area contributed by atoms with Crippen LogP contribution < -0.4 is 5.32 Å². The Morgan fingerprint density at radius 3 is 2.71 bits per heavy atom. The van der Waals surface area contributed by atoms with Gasteiger partial charge in [-0.15, -0.1) is 0 Å². The summed E-state index contributed by atoms with van der Waals surface area (Å²) in [5.41, 5.74) is -0.581. The smallest absolute Gasteiger partial charge is 0.273 e. The number of hydrogen-bond acceptors (Lipinski definition) is 6. The van der Waals surface area contributed by atoms with Crippen molar-refractivity contribution in [2.75, 3.05) is 5.32 Å². The molecule has 172 valence electrons. The van der Waals surface area contributed by atoms with Gasteiger partial charge in [-0.3, -0.25) is 14.6 Å². The number of benzene rings is 1. The fourth-order valence-corrected chi connectivity index (χ4v) is 5.02. The Balaban J connectivity index is 1.72. The van der Waals surface area contributed by atoms with Crippen molar-refractivity contribution in [2.45, 2.75) is 31.2 Å². The fraction of sp³-hybridized carbons (Fsp3) is 0.217. The molecule has 0 bridgehead atoms. The SMILES string of the molecule is CC(=O)N1C(c2ccnnc2)C(F)CC1(C(=O)Nc1cncc(Br)n1)n1ccc2ccccc21. The van der Waals surface area contributed by atoms with Gasteiger partial charge in [0.25, 0.3) is 5.91 Å². The van der Waals surface area contributed by atoms with E-state index in [4.69, 9.17) is 0 Å². The van der Waals surface area contributed by atoms with Crippen molar-refractivity contribution in [1.82, 2.24) is 29.6 Å². The lowest BCUT2D eigenvalue weighted by molar-refractivity contribution is -0.149. The van der Waals surface area contributed by atoms with Crippen molar-refractivity contribution >= 4 is 44.5 Å². The lowest BCUT2D eigenvalue weighted by atomic mass is 10.0. The molecule has 3 atom stereocenters. The maximum Gasteiger partial charge on any atom is 0.273 e. The topological polar surface area (TPSA) is 106 Å². The van der Waals surface area contributed by atoms with E-state index in [1.165, 1.54) is 36.6 Å². The average molecular weight is 524 g/mol. The Morgan fingerprint density at radius 1 is 1.15 bits per heavy atom. The number of nitrogens with zero attached hydrogens (tertiary/aromatic N) is 6. The van der Waals surface area contributed by atoms with Crippen LogP contribution in [0.5, 0.6) is 0 Å². The van der Waals surface area contributed by atoms with Crippen LogP contribution in [0, 0.1) is 0 Å². The van der Waals surface area contributed by atoms with E-state index >= 15 is 4.39 Å². The number of likely N-dealkylation sites (tertiary alicyclic amines) is 1. The van der Waals surface area contributed by atoms with Crippen molar-refractivity contribution in [3.63, 3.8) is 0 Å². The molecule has 0 aliphatic carbocycles. The number of anilines is 1. The van der Waals surface area contributed by atoms with Gasteiger partial charge in [-0.1, -0.05) is 18.2 Å². The summed E-state index contributed by atoms with van der Waals surface area (Å²) in [5.74, 6) is -0.901. The van der Waals surface area contributed by atoms with Crippen LogP contribution in [0.2, 0.25) is 0 Å². The molecule has 1 saturated heterocycles. The molecule has 0 spiro atoms. The quantitative estimate of drug-likeness (QED) is 0.438. The number of carbonyl (C=O) groups excluding carboxylic acids is 2. The third-order valence-electron chi connectivity index (χ3n) is 6.00. The van der Waals surface area contributed by atoms with Gasteiger partial charge in [0.05, 0.1) is 30.1 Å². The molecular formula is C23H19BrFN7O2. The predicted molar refractivity (Wildman–Crippen MR) is 125 cm³/mol. The Kier molecular flexibility index (Phi) is 5.56. The standard InChI is InChI=1S/C23H19BrFN7O2/c1-14(33)32-21(16-6-8-27-28-11-16)17(25)10-23(32,22(34)30-20-13-26-12-19(24)29-20)31-9-7-15-4-2-3-5-18(15)31/h2-9,11-13,17,21H,10H2,1H3,(H,29,30,34). The molecule has 0 radical (unpaired) electrons. The van der Waals surface area contributed by atoms with Gasteiger partial charge < -0.3 is 14.8 Å². The first-order valence-electron chi connectivity index (χ1n) is 10.5. The van der Waals surface area contributed by atoms with Gasteiger partial charge in [0, 0.05) is 25.7 Å². The first kappa shape index (κ1) is 22.1. The molecule has 3 aromatic heterocycles. The zero-order valence-electron chi connectivity index (χ0n) is 18.0. The zero-order chi connectivity index (χ0) is 23.9. The normalized spacial score (nSPS) is 22.1. The molecule has 1 aliphatic rings. The maximum absolute atomic E-state index is 15.9. The van der Waals surface area contributed by atoms with Crippen molar-refractivity contribution in [1.29, 1.82) is 0 Å². The highest BCUT2D eigenvalue weighted by molar-refractivity contribution is 9.10. The molecule has 1 fully saturated rings. The van der Waals surface area contributed by atoms with E-state index in [-0.39, 0.29) is 12.2 Å². The fourth-order valence-electron chi connectivity index (χ4n) is 4.71. The van der Waals surface area contributed by atoms with Gasteiger partial charge in [-0.05, 0) is 45.1 Å².